The van der Waals surface area contributed by atoms with Gasteiger partial charge in [0, 0.05) is 18.5 Å². The van der Waals surface area contributed by atoms with Gasteiger partial charge in [0.15, 0.2) is 0 Å². The standard InChI is InChI=1S/C18H29N3O2.ClH/c1-13-11-15(7-8-19-13)18(22)20-12-16(21-9-3-4-10-21)17-6-5-14(2)23-17;/h5-6,13,15-16,19H,3-4,7-12H2,1-2H3,(H,20,22);1H/t13-,15-,16?;/m0./s1. The third kappa shape index (κ3) is 4.74. The van der Waals surface area contributed by atoms with Crippen LogP contribution in [0.5, 0.6) is 0 Å². The van der Waals surface area contributed by atoms with Crippen LogP contribution < -0.4 is 10.6 Å². The molecule has 6 heteroatoms. The van der Waals surface area contributed by atoms with Gasteiger partial charge in [-0.05, 0) is 71.3 Å². The number of halogens is 1. The number of carbonyl (C=O) groups excluding carboxylic acids is 1. The predicted molar refractivity (Wildman–Crippen MR) is 97.4 cm³/mol. The fourth-order valence-electron chi connectivity index (χ4n) is 3.81. The van der Waals surface area contributed by atoms with E-state index in [0.29, 0.717) is 12.6 Å². The third-order valence-corrected chi connectivity index (χ3v) is 5.14. The van der Waals surface area contributed by atoms with E-state index in [1.807, 2.05) is 13.0 Å². The fourth-order valence-corrected chi connectivity index (χ4v) is 3.81. The SMILES string of the molecule is Cc1ccc(C(CNC(=O)[C@H]2CCN[C@@H](C)C2)N2CCCC2)o1.Cl. The Morgan fingerprint density at radius 1 is 1.42 bits per heavy atom. The van der Waals surface area contributed by atoms with E-state index in [1.54, 1.807) is 0 Å². The van der Waals surface area contributed by atoms with Crippen LogP contribution in [0.25, 0.3) is 0 Å². The summed E-state index contributed by atoms with van der Waals surface area (Å²) >= 11 is 0. The number of piperidine rings is 1. The number of nitrogens with zero attached hydrogens (tertiary/aromatic N) is 1. The maximum atomic E-state index is 12.5. The first-order valence-corrected chi connectivity index (χ1v) is 8.95. The predicted octanol–water partition coefficient (Wildman–Crippen LogP) is 2.65. The highest BCUT2D eigenvalue weighted by Crippen LogP contribution is 2.26. The van der Waals surface area contributed by atoms with Crippen molar-refractivity contribution in [1.29, 1.82) is 0 Å². The number of hydrogen-bond donors (Lipinski definition) is 2. The maximum absolute atomic E-state index is 12.5. The molecule has 1 unspecified atom stereocenters. The normalized spacial score (nSPS) is 25.9. The second kappa shape index (κ2) is 8.88. The van der Waals surface area contributed by atoms with Crippen molar-refractivity contribution in [3.8, 4) is 0 Å². The second-order valence-electron chi connectivity index (χ2n) is 7.03. The van der Waals surface area contributed by atoms with Crippen molar-refractivity contribution in [2.45, 2.75) is 51.6 Å². The molecule has 24 heavy (non-hydrogen) atoms. The molecule has 3 atom stereocenters. The first-order valence-electron chi connectivity index (χ1n) is 8.95. The minimum atomic E-state index is 0. The number of hydrogen-bond acceptors (Lipinski definition) is 4. The number of furan rings is 1. The summed E-state index contributed by atoms with van der Waals surface area (Å²) < 4.78 is 5.85. The lowest BCUT2D eigenvalue weighted by molar-refractivity contribution is -0.126. The average Bonchev–Trinajstić information content (AvgIpc) is 3.20. The summed E-state index contributed by atoms with van der Waals surface area (Å²) in [6.45, 7) is 7.88. The van der Waals surface area contributed by atoms with Crippen LogP contribution in [0.4, 0.5) is 0 Å². The van der Waals surface area contributed by atoms with Crippen LogP contribution in [-0.4, -0.2) is 43.0 Å². The Bertz CT molecular complexity index is 528. The lowest BCUT2D eigenvalue weighted by atomic mass is 9.92. The molecule has 0 aromatic carbocycles. The molecular formula is C18H30ClN3O2. The third-order valence-electron chi connectivity index (χ3n) is 5.14. The number of rotatable bonds is 5. The molecule has 2 aliphatic heterocycles. The Morgan fingerprint density at radius 2 is 2.17 bits per heavy atom. The van der Waals surface area contributed by atoms with E-state index in [4.69, 9.17) is 4.42 Å². The van der Waals surface area contributed by atoms with Gasteiger partial charge < -0.3 is 15.1 Å². The van der Waals surface area contributed by atoms with Gasteiger partial charge in [0.25, 0.3) is 0 Å². The van der Waals surface area contributed by atoms with Crippen molar-refractivity contribution in [3.63, 3.8) is 0 Å². The van der Waals surface area contributed by atoms with Crippen molar-refractivity contribution in [2.24, 2.45) is 5.92 Å². The van der Waals surface area contributed by atoms with Crippen LogP contribution in [0.15, 0.2) is 16.5 Å². The molecule has 2 N–H and O–H groups in total. The molecule has 2 aliphatic rings. The van der Waals surface area contributed by atoms with Gasteiger partial charge in [0.1, 0.15) is 11.5 Å². The van der Waals surface area contributed by atoms with Crippen LogP contribution in [0.3, 0.4) is 0 Å². The van der Waals surface area contributed by atoms with Gasteiger partial charge in [-0.3, -0.25) is 9.69 Å². The van der Waals surface area contributed by atoms with E-state index in [-0.39, 0.29) is 30.3 Å². The zero-order valence-electron chi connectivity index (χ0n) is 14.7. The lowest BCUT2D eigenvalue weighted by Crippen LogP contribution is -2.44. The summed E-state index contributed by atoms with van der Waals surface area (Å²) in [5.74, 6) is 2.25. The molecule has 3 heterocycles. The van der Waals surface area contributed by atoms with Crippen molar-refractivity contribution in [1.82, 2.24) is 15.5 Å². The molecule has 0 radical (unpaired) electrons. The fraction of sp³-hybridized carbons (Fsp3) is 0.722. The van der Waals surface area contributed by atoms with E-state index >= 15 is 0 Å². The van der Waals surface area contributed by atoms with Crippen molar-refractivity contribution >= 4 is 18.3 Å². The van der Waals surface area contributed by atoms with Gasteiger partial charge in [0.05, 0.1) is 6.04 Å². The molecule has 1 aromatic rings. The zero-order chi connectivity index (χ0) is 16.2. The van der Waals surface area contributed by atoms with Crippen LogP contribution in [-0.2, 0) is 4.79 Å². The van der Waals surface area contributed by atoms with Gasteiger partial charge in [-0.1, -0.05) is 0 Å². The minimum absolute atomic E-state index is 0. The molecule has 0 aliphatic carbocycles. The lowest BCUT2D eigenvalue weighted by Gasteiger charge is -2.29. The molecule has 2 fully saturated rings. The monoisotopic (exact) mass is 355 g/mol. The number of carbonyl (C=O) groups is 1. The highest BCUT2D eigenvalue weighted by molar-refractivity contribution is 5.85. The van der Waals surface area contributed by atoms with Crippen LogP contribution in [0.1, 0.15) is 50.2 Å². The molecule has 1 aromatic heterocycles. The number of nitrogens with one attached hydrogen (secondary N) is 2. The molecular weight excluding hydrogens is 326 g/mol. The molecule has 3 rings (SSSR count). The average molecular weight is 356 g/mol. The van der Waals surface area contributed by atoms with Crippen molar-refractivity contribution in [2.75, 3.05) is 26.2 Å². The largest absolute Gasteiger partial charge is 0.465 e. The van der Waals surface area contributed by atoms with Gasteiger partial charge in [-0.15, -0.1) is 12.4 Å². The molecule has 136 valence electrons. The summed E-state index contributed by atoms with van der Waals surface area (Å²) in [5.41, 5.74) is 0. The molecule has 1 amide bonds. The zero-order valence-corrected chi connectivity index (χ0v) is 15.5. The van der Waals surface area contributed by atoms with Gasteiger partial charge in [-0.25, -0.2) is 0 Å². The smallest absolute Gasteiger partial charge is 0.223 e. The summed E-state index contributed by atoms with van der Waals surface area (Å²) in [6.07, 6.45) is 4.33. The molecule has 0 spiro atoms. The van der Waals surface area contributed by atoms with Gasteiger partial charge in [-0.2, -0.15) is 0 Å². The Hall–Kier alpha value is -1.04. The summed E-state index contributed by atoms with van der Waals surface area (Å²) in [6, 6.07) is 4.65. The van der Waals surface area contributed by atoms with Gasteiger partial charge >= 0.3 is 0 Å². The van der Waals surface area contributed by atoms with Gasteiger partial charge in [0.2, 0.25) is 5.91 Å². The Balaban J connectivity index is 0.00000208. The minimum Gasteiger partial charge on any atom is -0.465 e. The highest BCUT2D eigenvalue weighted by Gasteiger charge is 2.29. The summed E-state index contributed by atoms with van der Waals surface area (Å²) in [4.78, 5) is 14.9. The van der Waals surface area contributed by atoms with Crippen molar-refractivity contribution < 1.29 is 9.21 Å². The van der Waals surface area contributed by atoms with E-state index in [2.05, 4.69) is 28.5 Å². The number of amides is 1. The highest BCUT2D eigenvalue weighted by atomic mass is 35.5. The number of aryl methyl sites for hydroxylation is 1. The molecule has 0 bridgehead atoms. The molecule has 0 saturated carbocycles. The second-order valence-corrected chi connectivity index (χ2v) is 7.03. The first kappa shape index (κ1) is 19.3. The number of likely N-dealkylation sites (tertiary alicyclic amines) is 1. The Kier molecular flexibility index (Phi) is 7.14. The van der Waals surface area contributed by atoms with E-state index < -0.39 is 0 Å². The molecule has 5 nitrogen and oxygen atoms in total. The van der Waals surface area contributed by atoms with Crippen LogP contribution >= 0.6 is 12.4 Å². The topological polar surface area (TPSA) is 57.5 Å². The van der Waals surface area contributed by atoms with Crippen LogP contribution in [0.2, 0.25) is 0 Å². The first-order chi connectivity index (χ1) is 11.1. The van der Waals surface area contributed by atoms with E-state index in [0.717, 1.165) is 44.0 Å². The Labute approximate surface area is 150 Å². The Morgan fingerprint density at radius 3 is 2.79 bits per heavy atom. The quantitative estimate of drug-likeness (QED) is 0.852. The summed E-state index contributed by atoms with van der Waals surface area (Å²) in [7, 11) is 0. The van der Waals surface area contributed by atoms with E-state index in [1.165, 1.54) is 12.8 Å². The summed E-state index contributed by atoms with van der Waals surface area (Å²) in [5, 5.41) is 6.59. The molecule has 2 saturated heterocycles. The van der Waals surface area contributed by atoms with E-state index in [9.17, 15) is 4.79 Å². The van der Waals surface area contributed by atoms with Crippen LogP contribution in [0, 0.1) is 12.8 Å². The maximum Gasteiger partial charge on any atom is 0.223 e. The van der Waals surface area contributed by atoms with Crippen molar-refractivity contribution in [3.05, 3.63) is 23.7 Å².